The number of amides is 1. The first-order chi connectivity index (χ1) is 13.1. The second-order valence-corrected chi connectivity index (χ2v) is 9.17. The summed E-state index contributed by atoms with van der Waals surface area (Å²) in [6.07, 6.45) is 1.80. The maximum absolute atomic E-state index is 12.7. The van der Waals surface area contributed by atoms with Crippen molar-refractivity contribution in [3.05, 3.63) is 36.5 Å². The summed E-state index contributed by atoms with van der Waals surface area (Å²) in [4.78, 5) is 20.7. The fourth-order valence-corrected chi connectivity index (χ4v) is 5.39. The molecule has 3 aromatic rings. The largest absolute Gasteiger partial charge is 0.340 e. The second-order valence-electron chi connectivity index (χ2n) is 6.47. The van der Waals surface area contributed by atoms with E-state index in [0.717, 1.165) is 48.9 Å². The van der Waals surface area contributed by atoms with Crippen LogP contribution in [-0.4, -0.2) is 73.0 Å². The van der Waals surface area contributed by atoms with Crippen molar-refractivity contribution >= 4 is 33.0 Å². The maximum Gasteiger partial charge on any atom is 0.219 e. The van der Waals surface area contributed by atoms with Gasteiger partial charge in [-0.2, -0.15) is 0 Å². The third kappa shape index (κ3) is 3.95. The van der Waals surface area contributed by atoms with Crippen LogP contribution in [0.15, 0.2) is 40.9 Å². The van der Waals surface area contributed by atoms with Crippen LogP contribution in [0.5, 0.6) is 0 Å². The summed E-state index contributed by atoms with van der Waals surface area (Å²) in [6.45, 7) is 5.49. The van der Waals surface area contributed by atoms with Crippen molar-refractivity contribution in [2.45, 2.75) is 11.3 Å². The molecule has 1 amide bonds. The number of hydrogen-bond acceptors (Lipinski definition) is 6. The number of carbonyl (C=O) groups is 1. The number of aromatic nitrogens is 3. The molecule has 1 atom stereocenters. The molecule has 0 saturated carbocycles. The number of nitrogens with zero attached hydrogens (tertiary/aromatic N) is 5. The maximum atomic E-state index is 12.7. The van der Waals surface area contributed by atoms with Crippen LogP contribution in [0.4, 0.5) is 0 Å². The van der Waals surface area contributed by atoms with Crippen LogP contribution in [0.2, 0.25) is 0 Å². The van der Waals surface area contributed by atoms with Crippen molar-refractivity contribution in [3.8, 4) is 11.3 Å². The lowest BCUT2D eigenvalue weighted by Gasteiger charge is -2.33. The molecule has 1 aromatic carbocycles. The summed E-state index contributed by atoms with van der Waals surface area (Å²) in [5.74, 6) is 0.663. The highest BCUT2D eigenvalue weighted by molar-refractivity contribution is 7.87. The summed E-state index contributed by atoms with van der Waals surface area (Å²) < 4.78 is 15.1. The molecular weight excluding hydrogens is 382 g/mol. The predicted octanol–water partition coefficient (Wildman–Crippen LogP) is 1.73. The van der Waals surface area contributed by atoms with Gasteiger partial charge in [-0.1, -0.05) is 41.7 Å². The Kier molecular flexibility index (Phi) is 5.33. The van der Waals surface area contributed by atoms with Crippen LogP contribution in [-0.2, 0) is 15.6 Å². The van der Waals surface area contributed by atoms with E-state index in [1.165, 1.54) is 11.3 Å². The Hall–Kier alpha value is -2.10. The van der Waals surface area contributed by atoms with Crippen molar-refractivity contribution in [1.82, 2.24) is 24.4 Å². The minimum atomic E-state index is -1.15. The zero-order chi connectivity index (χ0) is 18.8. The minimum Gasteiger partial charge on any atom is -0.340 e. The van der Waals surface area contributed by atoms with Crippen LogP contribution >= 0.6 is 11.3 Å². The highest BCUT2D eigenvalue weighted by Crippen LogP contribution is 2.25. The summed E-state index contributed by atoms with van der Waals surface area (Å²) in [5.41, 5.74) is 1.95. The van der Waals surface area contributed by atoms with E-state index in [1.807, 2.05) is 35.2 Å². The molecular formula is C18H21N5O2S2. The molecule has 1 saturated heterocycles. The van der Waals surface area contributed by atoms with E-state index in [4.69, 9.17) is 0 Å². The number of fused-ring (bicyclic) bond motifs is 1. The van der Waals surface area contributed by atoms with E-state index in [-0.39, 0.29) is 5.91 Å². The van der Waals surface area contributed by atoms with Gasteiger partial charge in [0.1, 0.15) is 0 Å². The lowest BCUT2D eigenvalue weighted by Crippen LogP contribution is -2.48. The van der Waals surface area contributed by atoms with E-state index >= 15 is 0 Å². The quantitative estimate of drug-likeness (QED) is 0.649. The van der Waals surface area contributed by atoms with Crippen LogP contribution in [0.25, 0.3) is 16.2 Å². The molecule has 3 heterocycles. The molecule has 0 bridgehead atoms. The average molecular weight is 404 g/mol. The number of piperazine rings is 1. The molecule has 0 N–H and O–H groups in total. The van der Waals surface area contributed by atoms with Gasteiger partial charge in [-0.05, 0) is 0 Å². The average Bonchev–Trinajstić information content (AvgIpc) is 3.28. The van der Waals surface area contributed by atoms with Gasteiger partial charge in [-0.25, -0.2) is 9.50 Å². The van der Waals surface area contributed by atoms with Gasteiger partial charge in [0.05, 0.1) is 22.7 Å². The predicted molar refractivity (Wildman–Crippen MR) is 106 cm³/mol. The molecule has 7 nitrogen and oxygen atoms in total. The fraction of sp³-hybridized carbons (Fsp3) is 0.389. The lowest BCUT2D eigenvalue weighted by atomic mass is 10.2. The lowest BCUT2D eigenvalue weighted by molar-refractivity contribution is -0.130. The van der Waals surface area contributed by atoms with Crippen molar-refractivity contribution in [3.63, 3.8) is 0 Å². The third-order valence-electron chi connectivity index (χ3n) is 4.74. The van der Waals surface area contributed by atoms with Gasteiger partial charge in [0, 0.05) is 51.0 Å². The van der Waals surface area contributed by atoms with Crippen molar-refractivity contribution in [1.29, 1.82) is 0 Å². The second kappa shape index (κ2) is 7.87. The number of imidazole rings is 1. The van der Waals surface area contributed by atoms with Crippen LogP contribution in [0.3, 0.4) is 0 Å². The van der Waals surface area contributed by atoms with Gasteiger partial charge >= 0.3 is 0 Å². The smallest absolute Gasteiger partial charge is 0.219 e. The molecule has 4 rings (SSSR count). The van der Waals surface area contributed by atoms with E-state index in [1.54, 1.807) is 17.6 Å². The Bertz CT molecular complexity index is 961. The molecule has 27 heavy (non-hydrogen) atoms. The van der Waals surface area contributed by atoms with Gasteiger partial charge in [-0.3, -0.25) is 13.9 Å². The summed E-state index contributed by atoms with van der Waals surface area (Å²) in [7, 11) is -1.15. The van der Waals surface area contributed by atoms with Gasteiger partial charge in [0.25, 0.3) is 0 Å². The van der Waals surface area contributed by atoms with Crippen molar-refractivity contribution in [2.75, 3.05) is 38.5 Å². The monoisotopic (exact) mass is 403 g/mol. The van der Waals surface area contributed by atoms with Gasteiger partial charge in [0.15, 0.2) is 0 Å². The Balaban J connectivity index is 1.40. The van der Waals surface area contributed by atoms with Crippen LogP contribution < -0.4 is 0 Å². The highest BCUT2D eigenvalue weighted by Gasteiger charge is 2.20. The SMILES string of the molecule is CC(=O)N1CCN(CCS(=O)c2nn3c(-c4ccccc4)cnc3s2)CC1. The Morgan fingerprint density at radius 3 is 2.63 bits per heavy atom. The first-order valence-corrected chi connectivity index (χ1v) is 11.0. The molecule has 0 aliphatic carbocycles. The number of rotatable bonds is 5. The number of benzene rings is 1. The van der Waals surface area contributed by atoms with E-state index in [9.17, 15) is 9.00 Å². The Labute approximate surface area is 164 Å². The fourth-order valence-electron chi connectivity index (χ4n) is 3.16. The van der Waals surface area contributed by atoms with Crippen LogP contribution in [0.1, 0.15) is 6.92 Å². The Morgan fingerprint density at radius 1 is 1.19 bits per heavy atom. The standard InChI is InChI=1S/C18H21N5O2S2/c1-14(24)22-9-7-21(8-10-22)11-12-27(25)18-20-23-16(13-19-17(23)26-18)15-5-3-2-4-6-15/h2-6,13H,7-12H2,1H3. The first kappa shape index (κ1) is 18.3. The summed E-state index contributed by atoms with van der Waals surface area (Å²) >= 11 is 1.38. The van der Waals surface area contributed by atoms with E-state index in [0.29, 0.717) is 10.1 Å². The van der Waals surface area contributed by atoms with E-state index < -0.39 is 10.8 Å². The molecule has 1 aliphatic rings. The van der Waals surface area contributed by atoms with Crippen molar-refractivity contribution < 1.29 is 9.00 Å². The summed E-state index contributed by atoms with van der Waals surface area (Å²) in [6, 6.07) is 9.96. The molecule has 1 aliphatic heterocycles. The zero-order valence-electron chi connectivity index (χ0n) is 15.1. The molecule has 142 valence electrons. The molecule has 1 unspecified atom stereocenters. The normalized spacial score (nSPS) is 16.7. The minimum absolute atomic E-state index is 0.124. The number of hydrogen-bond donors (Lipinski definition) is 0. The molecule has 0 radical (unpaired) electrons. The van der Waals surface area contributed by atoms with Gasteiger partial charge in [-0.15, -0.1) is 5.10 Å². The highest BCUT2D eigenvalue weighted by atomic mass is 32.2. The van der Waals surface area contributed by atoms with Crippen molar-refractivity contribution in [2.24, 2.45) is 0 Å². The molecule has 2 aromatic heterocycles. The number of carbonyl (C=O) groups excluding carboxylic acids is 1. The zero-order valence-corrected chi connectivity index (χ0v) is 16.7. The molecule has 9 heteroatoms. The molecule has 0 spiro atoms. The third-order valence-corrected chi connectivity index (χ3v) is 7.29. The van der Waals surface area contributed by atoms with Gasteiger partial charge < -0.3 is 4.90 Å². The molecule has 1 fully saturated rings. The summed E-state index contributed by atoms with van der Waals surface area (Å²) in [5, 5.41) is 4.55. The van der Waals surface area contributed by atoms with Gasteiger partial charge in [0.2, 0.25) is 15.2 Å². The van der Waals surface area contributed by atoms with E-state index in [2.05, 4.69) is 15.0 Å². The first-order valence-electron chi connectivity index (χ1n) is 8.88. The Morgan fingerprint density at radius 2 is 1.93 bits per heavy atom. The van der Waals surface area contributed by atoms with Crippen LogP contribution in [0, 0.1) is 0 Å². The topological polar surface area (TPSA) is 70.8 Å².